The van der Waals surface area contributed by atoms with E-state index in [4.69, 9.17) is 0 Å². The third-order valence-corrected chi connectivity index (χ3v) is 3.53. The number of hydrogen-bond donors (Lipinski definition) is 2. The number of rotatable bonds is 6. The average Bonchev–Trinajstić information content (AvgIpc) is 2.29. The van der Waals surface area contributed by atoms with Crippen molar-refractivity contribution >= 4 is 0 Å². The lowest BCUT2D eigenvalue weighted by molar-refractivity contribution is 0.0450. The van der Waals surface area contributed by atoms with E-state index in [0.717, 1.165) is 25.2 Å². The van der Waals surface area contributed by atoms with Crippen molar-refractivity contribution < 1.29 is 5.11 Å². The van der Waals surface area contributed by atoms with Crippen LogP contribution in [0, 0.1) is 5.41 Å². The summed E-state index contributed by atoms with van der Waals surface area (Å²) in [6.07, 6.45) is 6.39. The highest BCUT2D eigenvalue weighted by Crippen LogP contribution is 2.39. The second-order valence-corrected chi connectivity index (χ2v) is 4.76. The van der Waals surface area contributed by atoms with Crippen LogP contribution in [0.2, 0.25) is 0 Å². The topological polar surface area (TPSA) is 45.1 Å². The summed E-state index contributed by atoms with van der Waals surface area (Å²) in [7, 11) is 0. The minimum absolute atomic E-state index is 0.185. The highest BCUT2D eigenvalue weighted by Gasteiger charge is 2.35. The van der Waals surface area contributed by atoms with E-state index < -0.39 is 0 Å². The standard InChI is InChI=1S/C13H20N2O/c16-11-13(6-3-7-13)10-14-9-5-12-4-1-2-8-15-12/h1-2,4,8,14,16H,3,5-7,9-11H2. The van der Waals surface area contributed by atoms with Crippen LogP contribution in [0.1, 0.15) is 25.0 Å². The van der Waals surface area contributed by atoms with Gasteiger partial charge >= 0.3 is 0 Å². The van der Waals surface area contributed by atoms with Crippen molar-refractivity contribution in [1.29, 1.82) is 0 Å². The van der Waals surface area contributed by atoms with Gasteiger partial charge in [-0.2, -0.15) is 0 Å². The lowest BCUT2D eigenvalue weighted by atomic mass is 9.69. The summed E-state index contributed by atoms with van der Waals surface area (Å²) in [6, 6.07) is 6.00. The first-order valence-corrected chi connectivity index (χ1v) is 6.06. The summed E-state index contributed by atoms with van der Waals surface area (Å²) in [6.45, 7) is 2.21. The molecule has 2 rings (SSSR count). The molecule has 2 N–H and O–H groups in total. The second kappa shape index (κ2) is 5.41. The van der Waals surface area contributed by atoms with E-state index in [1.807, 2.05) is 24.4 Å². The van der Waals surface area contributed by atoms with Gasteiger partial charge in [0.05, 0.1) is 0 Å². The fourth-order valence-electron chi connectivity index (χ4n) is 2.18. The number of aliphatic hydroxyl groups excluding tert-OH is 1. The molecule has 88 valence electrons. The number of aromatic nitrogens is 1. The lowest BCUT2D eigenvalue weighted by Crippen LogP contribution is -2.43. The zero-order valence-corrected chi connectivity index (χ0v) is 9.65. The average molecular weight is 220 g/mol. The Hall–Kier alpha value is -0.930. The van der Waals surface area contributed by atoms with Gasteiger partial charge in [0, 0.05) is 43.4 Å². The van der Waals surface area contributed by atoms with Crippen LogP contribution in [0.4, 0.5) is 0 Å². The Morgan fingerprint density at radius 3 is 2.81 bits per heavy atom. The first-order valence-electron chi connectivity index (χ1n) is 6.06. The molecule has 1 aliphatic carbocycles. The normalized spacial score (nSPS) is 18.1. The zero-order chi connectivity index (χ0) is 11.3. The number of pyridine rings is 1. The molecule has 3 nitrogen and oxygen atoms in total. The molecule has 0 atom stereocenters. The molecule has 0 aliphatic heterocycles. The monoisotopic (exact) mass is 220 g/mol. The van der Waals surface area contributed by atoms with Crippen LogP contribution < -0.4 is 5.32 Å². The van der Waals surface area contributed by atoms with Crippen LogP contribution in [0.25, 0.3) is 0 Å². The molecule has 0 aromatic carbocycles. The van der Waals surface area contributed by atoms with Crippen molar-refractivity contribution in [2.45, 2.75) is 25.7 Å². The zero-order valence-electron chi connectivity index (χ0n) is 9.65. The van der Waals surface area contributed by atoms with Gasteiger partial charge in [-0.25, -0.2) is 0 Å². The highest BCUT2D eigenvalue weighted by molar-refractivity contribution is 5.03. The van der Waals surface area contributed by atoms with E-state index >= 15 is 0 Å². The maximum absolute atomic E-state index is 9.30. The minimum atomic E-state index is 0.185. The summed E-state index contributed by atoms with van der Waals surface area (Å²) in [5.41, 5.74) is 1.31. The smallest absolute Gasteiger partial charge is 0.0499 e. The summed E-state index contributed by atoms with van der Waals surface area (Å²) in [4.78, 5) is 4.28. The minimum Gasteiger partial charge on any atom is -0.396 e. The first-order chi connectivity index (χ1) is 7.85. The van der Waals surface area contributed by atoms with E-state index in [1.54, 1.807) is 0 Å². The Balaban J connectivity index is 1.65. The Morgan fingerprint density at radius 2 is 2.25 bits per heavy atom. The maximum atomic E-state index is 9.30. The van der Waals surface area contributed by atoms with Crippen LogP contribution in [0.15, 0.2) is 24.4 Å². The molecule has 0 radical (unpaired) electrons. The van der Waals surface area contributed by atoms with Crippen LogP contribution in [0.5, 0.6) is 0 Å². The molecule has 1 heterocycles. The van der Waals surface area contributed by atoms with Gasteiger partial charge in [-0.1, -0.05) is 12.5 Å². The third-order valence-electron chi connectivity index (χ3n) is 3.53. The summed E-state index contributed by atoms with van der Waals surface area (Å²) < 4.78 is 0. The number of nitrogens with one attached hydrogen (secondary N) is 1. The Kier molecular flexibility index (Phi) is 3.91. The van der Waals surface area contributed by atoms with Crippen molar-refractivity contribution in [2.24, 2.45) is 5.41 Å². The van der Waals surface area contributed by atoms with E-state index in [1.165, 1.54) is 19.3 Å². The van der Waals surface area contributed by atoms with Gasteiger partial charge in [-0.05, 0) is 25.0 Å². The lowest BCUT2D eigenvalue weighted by Gasteiger charge is -2.40. The second-order valence-electron chi connectivity index (χ2n) is 4.76. The quantitative estimate of drug-likeness (QED) is 0.712. The van der Waals surface area contributed by atoms with Gasteiger partial charge in [0.1, 0.15) is 0 Å². The van der Waals surface area contributed by atoms with Crippen LogP contribution in [-0.4, -0.2) is 29.8 Å². The van der Waals surface area contributed by atoms with Gasteiger partial charge in [-0.15, -0.1) is 0 Å². The van der Waals surface area contributed by atoms with Crippen molar-refractivity contribution in [3.05, 3.63) is 30.1 Å². The van der Waals surface area contributed by atoms with Gasteiger partial charge in [0.15, 0.2) is 0 Å². The van der Waals surface area contributed by atoms with E-state index in [-0.39, 0.29) is 5.41 Å². The first kappa shape index (κ1) is 11.6. The summed E-state index contributed by atoms with van der Waals surface area (Å²) in [5.74, 6) is 0. The van der Waals surface area contributed by atoms with E-state index in [9.17, 15) is 5.11 Å². The molecule has 0 unspecified atom stereocenters. The molecule has 1 aromatic rings. The van der Waals surface area contributed by atoms with E-state index in [2.05, 4.69) is 10.3 Å². The molecule has 16 heavy (non-hydrogen) atoms. The number of hydrogen-bond acceptors (Lipinski definition) is 3. The van der Waals surface area contributed by atoms with Crippen molar-refractivity contribution in [1.82, 2.24) is 10.3 Å². The Bertz CT molecular complexity index is 303. The van der Waals surface area contributed by atoms with Crippen molar-refractivity contribution in [3.63, 3.8) is 0 Å². The fourth-order valence-corrected chi connectivity index (χ4v) is 2.18. The van der Waals surface area contributed by atoms with E-state index in [0.29, 0.717) is 6.61 Å². The van der Waals surface area contributed by atoms with Crippen LogP contribution in [-0.2, 0) is 6.42 Å². The molecular formula is C13H20N2O. The fraction of sp³-hybridized carbons (Fsp3) is 0.615. The molecule has 0 saturated heterocycles. The number of nitrogens with zero attached hydrogens (tertiary/aromatic N) is 1. The van der Waals surface area contributed by atoms with Crippen molar-refractivity contribution in [3.8, 4) is 0 Å². The van der Waals surface area contributed by atoms with Crippen LogP contribution in [0.3, 0.4) is 0 Å². The summed E-state index contributed by atoms with van der Waals surface area (Å²) >= 11 is 0. The largest absolute Gasteiger partial charge is 0.396 e. The molecule has 1 aromatic heterocycles. The predicted octanol–water partition coefficient (Wildman–Crippen LogP) is 1.38. The molecule has 3 heteroatoms. The molecule has 1 aliphatic rings. The molecular weight excluding hydrogens is 200 g/mol. The highest BCUT2D eigenvalue weighted by atomic mass is 16.3. The van der Waals surface area contributed by atoms with Gasteiger partial charge in [-0.3, -0.25) is 4.98 Å². The Morgan fingerprint density at radius 1 is 1.38 bits per heavy atom. The third kappa shape index (κ3) is 2.80. The van der Waals surface area contributed by atoms with Gasteiger partial charge in [0.25, 0.3) is 0 Å². The summed E-state index contributed by atoms with van der Waals surface area (Å²) in [5, 5.41) is 12.7. The van der Waals surface area contributed by atoms with Crippen molar-refractivity contribution in [2.75, 3.05) is 19.7 Å². The predicted molar refractivity (Wildman–Crippen MR) is 64.2 cm³/mol. The Labute approximate surface area is 96.9 Å². The molecule has 1 saturated carbocycles. The van der Waals surface area contributed by atoms with Crippen LogP contribution >= 0.6 is 0 Å². The molecule has 1 fully saturated rings. The SMILES string of the molecule is OCC1(CNCCc2ccccn2)CCC1. The molecule has 0 bridgehead atoms. The number of aliphatic hydroxyl groups is 1. The van der Waals surface area contributed by atoms with Gasteiger partial charge in [0.2, 0.25) is 0 Å². The van der Waals surface area contributed by atoms with Gasteiger partial charge < -0.3 is 10.4 Å². The maximum Gasteiger partial charge on any atom is 0.0499 e. The molecule has 0 amide bonds. The molecule has 0 spiro atoms.